The summed E-state index contributed by atoms with van der Waals surface area (Å²) in [5.74, 6) is 0.520. The molecular formula is C14H15N5OS2. The van der Waals surface area contributed by atoms with Crippen molar-refractivity contribution in [3.63, 3.8) is 0 Å². The first-order valence-electron chi connectivity index (χ1n) is 7.18. The van der Waals surface area contributed by atoms with E-state index in [1.807, 2.05) is 0 Å². The van der Waals surface area contributed by atoms with Crippen LogP contribution in [0.2, 0.25) is 0 Å². The van der Waals surface area contributed by atoms with Crippen molar-refractivity contribution in [2.24, 2.45) is 11.7 Å². The molecule has 4 rings (SSSR count). The Labute approximate surface area is 135 Å². The number of fused-ring (bicyclic) bond motifs is 5. The van der Waals surface area contributed by atoms with Gasteiger partial charge in [-0.1, -0.05) is 18.7 Å². The van der Waals surface area contributed by atoms with Crippen LogP contribution >= 0.6 is 23.1 Å². The van der Waals surface area contributed by atoms with Gasteiger partial charge < -0.3 is 5.73 Å². The van der Waals surface area contributed by atoms with Crippen molar-refractivity contribution >= 4 is 44.9 Å². The van der Waals surface area contributed by atoms with E-state index in [-0.39, 0.29) is 11.7 Å². The van der Waals surface area contributed by atoms with E-state index in [1.165, 1.54) is 28.6 Å². The number of hydrogen-bond donors (Lipinski definition) is 1. The first-order valence-corrected chi connectivity index (χ1v) is 8.98. The quantitative estimate of drug-likeness (QED) is 0.585. The molecule has 0 radical (unpaired) electrons. The Kier molecular flexibility index (Phi) is 3.30. The number of carbonyl (C=O) groups is 1. The van der Waals surface area contributed by atoms with Gasteiger partial charge in [-0.3, -0.25) is 4.79 Å². The number of primary amides is 1. The number of nitrogens with two attached hydrogens (primary N) is 1. The molecule has 8 heteroatoms. The lowest BCUT2D eigenvalue weighted by atomic mass is 9.89. The molecule has 0 saturated heterocycles. The topological polar surface area (TPSA) is 86.2 Å². The van der Waals surface area contributed by atoms with Gasteiger partial charge in [-0.05, 0) is 30.7 Å². The van der Waals surface area contributed by atoms with Crippen molar-refractivity contribution in [2.75, 3.05) is 5.75 Å². The van der Waals surface area contributed by atoms with Gasteiger partial charge in [-0.25, -0.2) is 9.97 Å². The number of thiophene rings is 1. The van der Waals surface area contributed by atoms with E-state index >= 15 is 0 Å². The molecule has 1 aliphatic carbocycles. The summed E-state index contributed by atoms with van der Waals surface area (Å²) in [5.41, 5.74) is 7.46. The van der Waals surface area contributed by atoms with Gasteiger partial charge in [-0.2, -0.15) is 9.61 Å². The highest BCUT2D eigenvalue weighted by Crippen LogP contribution is 2.39. The Morgan fingerprint density at radius 1 is 1.59 bits per heavy atom. The summed E-state index contributed by atoms with van der Waals surface area (Å²) in [5, 5.41) is 6.07. The minimum absolute atomic E-state index is 0.190. The summed E-state index contributed by atoms with van der Waals surface area (Å²) in [6.07, 6.45) is 4.96. The Morgan fingerprint density at radius 2 is 2.45 bits per heavy atom. The number of thioether (sulfide) groups is 1. The normalized spacial score (nSPS) is 18.0. The van der Waals surface area contributed by atoms with Crippen LogP contribution in [0.4, 0.5) is 0 Å². The Hall–Kier alpha value is -1.67. The van der Waals surface area contributed by atoms with Crippen molar-refractivity contribution in [3.8, 4) is 0 Å². The molecule has 0 bridgehead atoms. The second-order valence-corrected chi connectivity index (χ2v) is 7.70. The van der Waals surface area contributed by atoms with E-state index in [0.717, 1.165) is 28.7 Å². The molecule has 0 spiro atoms. The summed E-state index contributed by atoms with van der Waals surface area (Å²) in [7, 11) is 0. The number of hydrogen-bond acceptors (Lipinski definition) is 6. The molecule has 22 heavy (non-hydrogen) atoms. The van der Waals surface area contributed by atoms with Crippen LogP contribution in [0.1, 0.15) is 23.8 Å². The SMILES string of the molecule is CC1CCc2sc3nc(SCC(N)=O)n4ncnc4c3c2C1. The summed E-state index contributed by atoms with van der Waals surface area (Å²) >= 11 is 3.05. The molecule has 3 heterocycles. The highest BCUT2D eigenvalue weighted by molar-refractivity contribution is 7.99. The third-order valence-electron chi connectivity index (χ3n) is 3.98. The average molecular weight is 333 g/mol. The summed E-state index contributed by atoms with van der Waals surface area (Å²) in [6, 6.07) is 0. The van der Waals surface area contributed by atoms with Gasteiger partial charge in [-0.15, -0.1) is 11.3 Å². The Morgan fingerprint density at radius 3 is 3.27 bits per heavy atom. The predicted octanol–water partition coefficient (Wildman–Crippen LogP) is 2.04. The Balaban J connectivity index is 1.93. The molecule has 3 aromatic rings. The maximum atomic E-state index is 11.0. The Bertz CT molecular complexity index is 884. The molecule has 1 unspecified atom stereocenters. The van der Waals surface area contributed by atoms with Crippen LogP contribution in [0.25, 0.3) is 15.9 Å². The van der Waals surface area contributed by atoms with Gasteiger partial charge in [0.05, 0.1) is 11.1 Å². The molecule has 3 aromatic heterocycles. The third kappa shape index (κ3) is 2.17. The number of amides is 1. The minimum Gasteiger partial charge on any atom is -0.369 e. The lowest BCUT2D eigenvalue weighted by molar-refractivity contribution is -0.115. The number of aryl methyl sites for hydroxylation is 1. The van der Waals surface area contributed by atoms with Gasteiger partial charge in [0.15, 0.2) is 10.8 Å². The highest BCUT2D eigenvalue weighted by Gasteiger charge is 2.24. The monoisotopic (exact) mass is 333 g/mol. The molecular weight excluding hydrogens is 318 g/mol. The molecule has 1 atom stereocenters. The van der Waals surface area contributed by atoms with Crippen molar-refractivity contribution in [3.05, 3.63) is 16.8 Å². The molecule has 0 saturated carbocycles. The highest BCUT2D eigenvalue weighted by atomic mass is 32.2. The average Bonchev–Trinajstić information content (AvgIpc) is 3.07. The predicted molar refractivity (Wildman–Crippen MR) is 87.3 cm³/mol. The van der Waals surface area contributed by atoms with E-state index in [4.69, 9.17) is 10.7 Å². The van der Waals surface area contributed by atoms with Crippen molar-refractivity contribution in [1.82, 2.24) is 19.6 Å². The molecule has 114 valence electrons. The standard InChI is InChI=1S/C14H15N5OS2/c1-7-2-3-9-8(4-7)11-12-16-6-17-19(12)14(18-13(11)22-9)21-5-10(15)20/h6-7H,2-5H2,1H3,(H2,15,20). The number of nitrogens with zero attached hydrogens (tertiary/aromatic N) is 4. The van der Waals surface area contributed by atoms with Crippen LogP contribution in [0, 0.1) is 5.92 Å². The number of aromatic nitrogens is 4. The minimum atomic E-state index is -0.362. The lowest BCUT2D eigenvalue weighted by Gasteiger charge is -2.17. The first-order chi connectivity index (χ1) is 10.6. The molecule has 1 aliphatic rings. The summed E-state index contributed by atoms with van der Waals surface area (Å²) < 4.78 is 1.72. The van der Waals surface area contributed by atoms with E-state index in [2.05, 4.69) is 17.0 Å². The molecule has 6 nitrogen and oxygen atoms in total. The fourth-order valence-corrected chi connectivity index (χ4v) is 4.92. The van der Waals surface area contributed by atoms with E-state index in [0.29, 0.717) is 11.1 Å². The maximum absolute atomic E-state index is 11.0. The first kappa shape index (κ1) is 14.0. The van der Waals surface area contributed by atoms with Crippen molar-refractivity contribution < 1.29 is 4.79 Å². The van der Waals surface area contributed by atoms with Gasteiger partial charge >= 0.3 is 0 Å². The number of rotatable bonds is 3. The number of carbonyl (C=O) groups excluding carboxylic acids is 1. The lowest BCUT2D eigenvalue weighted by Crippen LogP contribution is -2.14. The molecule has 0 aliphatic heterocycles. The van der Waals surface area contributed by atoms with E-state index < -0.39 is 0 Å². The zero-order valence-electron chi connectivity index (χ0n) is 12.1. The van der Waals surface area contributed by atoms with Crippen LogP contribution in [-0.4, -0.2) is 31.2 Å². The second-order valence-electron chi connectivity index (χ2n) is 5.68. The van der Waals surface area contributed by atoms with Crippen molar-refractivity contribution in [1.29, 1.82) is 0 Å². The zero-order valence-corrected chi connectivity index (χ0v) is 13.7. The van der Waals surface area contributed by atoms with Crippen LogP contribution in [0.5, 0.6) is 0 Å². The fraction of sp³-hybridized carbons (Fsp3) is 0.429. The second kappa shape index (κ2) is 5.20. The van der Waals surface area contributed by atoms with Crippen LogP contribution in [0.15, 0.2) is 11.5 Å². The fourth-order valence-electron chi connectivity index (χ4n) is 2.97. The zero-order chi connectivity index (χ0) is 15.3. The molecule has 1 amide bonds. The summed E-state index contributed by atoms with van der Waals surface area (Å²) in [4.78, 5) is 22.6. The maximum Gasteiger partial charge on any atom is 0.227 e. The van der Waals surface area contributed by atoms with Crippen LogP contribution in [0.3, 0.4) is 0 Å². The van der Waals surface area contributed by atoms with Crippen LogP contribution < -0.4 is 5.73 Å². The van der Waals surface area contributed by atoms with E-state index in [1.54, 1.807) is 22.2 Å². The largest absolute Gasteiger partial charge is 0.369 e. The van der Waals surface area contributed by atoms with Gasteiger partial charge in [0, 0.05) is 4.88 Å². The van der Waals surface area contributed by atoms with Gasteiger partial charge in [0.2, 0.25) is 5.91 Å². The molecule has 0 aromatic carbocycles. The van der Waals surface area contributed by atoms with Crippen LogP contribution in [-0.2, 0) is 17.6 Å². The van der Waals surface area contributed by atoms with Gasteiger partial charge in [0.25, 0.3) is 0 Å². The smallest absolute Gasteiger partial charge is 0.227 e. The van der Waals surface area contributed by atoms with Gasteiger partial charge in [0.1, 0.15) is 11.2 Å². The van der Waals surface area contributed by atoms with Crippen molar-refractivity contribution in [2.45, 2.75) is 31.3 Å². The van der Waals surface area contributed by atoms with E-state index in [9.17, 15) is 4.79 Å². The third-order valence-corrected chi connectivity index (χ3v) is 6.12. The summed E-state index contributed by atoms with van der Waals surface area (Å²) in [6.45, 7) is 2.29. The molecule has 0 fully saturated rings. The molecule has 2 N–H and O–H groups in total.